The molecule has 0 fully saturated rings. The summed E-state index contributed by atoms with van der Waals surface area (Å²) in [6.07, 6.45) is 1.63. The lowest BCUT2D eigenvalue weighted by Gasteiger charge is -2.18. The number of rotatable bonds is 9. The van der Waals surface area contributed by atoms with E-state index >= 15 is 0 Å². The van der Waals surface area contributed by atoms with E-state index in [2.05, 4.69) is 32.7 Å². The van der Waals surface area contributed by atoms with Crippen molar-refractivity contribution in [3.8, 4) is 11.4 Å². The smallest absolute Gasteiger partial charge is 0.220 e. The molecular formula is C20H18BrClN4O3S. The molecule has 0 aliphatic rings. The van der Waals surface area contributed by atoms with E-state index in [1.54, 1.807) is 24.3 Å². The number of thioether (sulfide) groups is 1. The van der Waals surface area contributed by atoms with E-state index in [9.17, 15) is 10.1 Å². The third kappa shape index (κ3) is 5.41. The van der Waals surface area contributed by atoms with Crippen molar-refractivity contribution < 1.29 is 9.66 Å². The second-order valence-corrected chi connectivity index (χ2v) is 8.77. The largest absolute Gasteiger partial charge is 0.489 e. The van der Waals surface area contributed by atoms with Crippen LogP contribution in [0.5, 0.6) is 5.75 Å². The van der Waals surface area contributed by atoms with Gasteiger partial charge in [-0.05, 0) is 49.4 Å². The van der Waals surface area contributed by atoms with Crippen LogP contribution in [-0.2, 0) is 0 Å². The SMILES string of the molecule is C=CCOc1ccc(Br)cc1[C@H](C[N+](=O)[O-])Sc1nnc(C)n1-c1ccc(Cl)cc1. The molecule has 0 bridgehead atoms. The second-order valence-electron chi connectivity index (χ2n) is 6.25. The molecule has 156 valence electrons. The summed E-state index contributed by atoms with van der Waals surface area (Å²) in [6.45, 7) is 5.47. The summed E-state index contributed by atoms with van der Waals surface area (Å²) >= 11 is 10.7. The predicted molar refractivity (Wildman–Crippen MR) is 121 cm³/mol. The molecule has 0 radical (unpaired) electrons. The van der Waals surface area contributed by atoms with Crippen LogP contribution >= 0.6 is 39.3 Å². The van der Waals surface area contributed by atoms with Gasteiger partial charge >= 0.3 is 0 Å². The van der Waals surface area contributed by atoms with Crippen LogP contribution in [0.3, 0.4) is 0 Å². The highest BCUT2D eigenvalue weighted by Gasteiger charge is 2.27. The molecule has 0 saturated carbocycles. The lowest BCUT2D eigenvalue weighted by Crippen LogP contribution is -2.12. The summed E-state index contributed by atoms with van der Waals surface area (Å²) in [5.74, 6) is 1.23. The minimum atomic E-state index is -0.549. The Morgan fingerprint density at radius 1 is 1.33 bits per heavy atom. The second kappa shape index (κ2) is 10.1. The average Bonchev–Trinajstić information content (AvgIpc) is 3.07. The number of halogens is 2. The molecule has 2 aromatic carbocycles. The Balaban J connectivity index is 2.02. The van der Waals surface area contributed by atoms with Crippen molar-refractivity contribution in [2.45, 2.75) is 17.3 Å². The van der Waals surface area contributed by atoms with E-state index in [0.29, 0.717) is 33.9 Å². The fourth-order valence-electron chi connectivity index (χ4n) is 2.82. The maximum absolute atomic E-state index is 11.4. The molecule has 30 heavy (non-hydrogen) atoms. The van der Waals surface area contributed by atoms with Crippen LogP contribution in [-0.4, -0.2) is 32.8 Å². The Morgan fingerprint density at radius 2 is 2.07 bits per heavy atom. The molecule has 0 spiro atoms. The van der Waals surface area contributed by atoms with Gasteiger partial charge in [-0.2, -0.15) is 0 Å². The third-order valence-electron chi connectivity index (χ3n) is 4.12. The van der Waals surface area contributed by atoms with Gasteiger partial charge in [0.05, 0.1) is 0 Å². The van der Waals surface area contributed by atoms with E-state index in [1.807, 2.05) is 35.8 Å². The highest BCUT2D eigenvalue weighted by molar-refractivity contribution is 9.10. The first-order valence-corrected chi connectivity index (χ1v) is 10.9. The summed E-state index contributed by atoms with van der Waals surface area (Å²) in [5, 5.41) is 20.5. The molecule has 0 N–H and O–H groups in total. The molecule has 1 atom stereocenters. The van der Waals surface area contributed by atoms with E-state index in [4.69, 9.17) is 16.3 Å². The van der Waals surface area contributed by atoms with Crippen LogP contribution in [0.15, 0.2) is 64.7 Å². The number of benzene rings is 2. The number of aromatic nitrogens is 3. The zero-order valence-electron chi connectivity index (χ0n) is 16.0. The summed E-state index contributed by atoms with van der Waals surface area (Å²) < 4.78 is 8.38. The molecule has 0 saturated heterocycles. The highest BCUT2D eigenvalue weighted by Crippen LogP contribution is 2.41. The van der Waals surface area contributed by atoms with Crippen molar-refractivity contribution in [3.05, 3.63) is 86.1 Å². The number of nitro groups is 1. The van der Waals surface area contributed by atoms with Gasteiger partial charge in [0.25, 0.3) is 0 Å². The van der Waals surface area contributed by atoms with Crippen LogP contribution in [0.1, 0.15) is 16.6 Å². The first kappa shape index (κ1) is 22.3. The van der Waals surface area contributed by atoms with Crippen LogP contribution in [0.25, 0.3) is 5.69 Å². The summed E-state index contributed by atoms with van der Waals surface area (Å²) in [6, 6.07) is 12.7. The average molecular weight is 510 g/mol. The van der Waals surface area contributed by atoms with E-state index < -0.39 is 5.25 Å². The van der Waals surface area contributed by atoms with Gasteiger partial charge in [-0.1, -0.05) is 51.9 Å². The van der Waals surface area contributed by atoms with Crippen LogP contribution in [0.4, 0.5) is 0 Å². The molecule has 0 aliphatic carbocycles. The van der Waals surface area contributed by atoms with Gasteiger partial charge in [-0.15, -0.1) is 10.2 Å². The van der Waals surface area contributed by atoms with Crippen molar-refractivity contribution in [2.24, 2.45) is 0 Å². The Bertz CT molecular complexity index is 1060. The minimum absolute atomic E-state index is 0.296. The van der Waals surface area contributed by atoms with Gasteiger partial charge in [0.15, 0.2) is 5.16 Å². The normalized spacial score (nSPS) is 11.8. The molecule has 1 aromatic heterocycles. The summed E-state index contributed by atoms with van der Waals surface area (Å²) in [7, 11) is 0. The van der Waals surface area contributed by atoms with Gasteiger partial charge in [-0.25, -0.2) is 0 Å². The predicted octanol–water partition coefficient (Wildman–Crippen LogP) is 5.67. The summed E-state index contributed by atoms with van der Waals surface area (Å²) in [4.78, 5) is 11.1. The third-order valence-corrected chi connectivity index (χ3v) is 6.03. The van der Waals surface area contributed by atoms with Crippen LogP contribution in [0, 0.1) is 17.0 Å². The molecule has 0 unspecified atom stereocenters. The topological polar surface area (TPSA) is 83.1 Å². The molecule has 0 aliphatic heterocycles. The van der Waals surface area contributed by atoms with Gasteiger partial charge in [0, 0.05) is 25.7 Å². The van der Waals surface area contributed by atoms with Crippen molar-refractivity contribution in [3.63, 3.8) is 0 Å². The van der Waals surface area contributed by atoms with E-state index in [1.165, 1.54) is 11.8 Å². The molecule has 0 amide bonds. The van der Waals surface area contributed by atoms with E-state index in [-0.39, 0.29) is 11.5 Å². The molecule has 3 aromatic rings. The Labute approximate surface area is 191 Å². The quantitative estimate of drug-likeness (QED) is 0.160. The first-order chi connectivity index (χ1) is 14.4. The lowest BCUT2D eigenvalue weighted by molar-refractivity contribution is -0.479. The molecule has 7 nitrogen and oxygen atoms in total. The molecule has 3 rings (SSSR count). The van der Waals surface area contributed by atoms with Crippen LogP contribution < -0.4 is 4.74 Å². The maximum Gasteiger partial charge on any atom is 0.220 e. The molecular weight excluding hydrogens is 492 g/mol. The number of hydrogen-bond acceptors (Lipinski definition) is 6. The number of hydrogen-bond donors (Lipinski definition) is 0. The molecule has 10 heteroatoms. The monoisotopic (exact) mass is 508 g/mol. The fraction of sp³-hybridized carbons (Fsp3) is 0.200. The van der Waals surface area contributed by atoms with Crippen LogP contribution in [0.2, 0.25) is 5.02 Å². The number of aryl methyl sites for hydroxylation is 1. The minimum Gasteiger partial charge on any atom is -0.489 e. The Hall–Kier alpha value is -2.36. The van der Waals surface area contributed by atoms with Gasteiger partial charge in [-0.3, -0.25) is 14.7 Å². The van der Waals surface area contributed by atoms with Crippen molar-refractivity contribution in [1.29, 1.82) is 0 Å². The fourth-order valence-corrected chi connectivity index (χ4v) is 4.52. The zero-order chi connectivity index (χ0) is 21.7. The summed E-state index contributed by atoms with van der Waals surface area (Å²) in [5.41, 5.74) is 1.51. The lowest BCUT2D eigenvalue weighted by atomic mass is 10.1. The molecule has 1 heterocycles. The number of nitrogens with zero attached hydrogens (tertiary/aromatic N) is 4. The Morgan fingerprint density at radius 3 is 2.73 bits per heavy atom. The van der Waals surface area contributed by atoms with E-state index in [0.717, 1.165) is 10.2 Å². The van der Waals surface area contributed by atoms with Crippen molar-refractivity contribution in [1.82, 2.24) is 14.8 Å². The maximum atomic E-state index is 11.4. The standard InChI is InChI=1S/C20H18BrClN4O3S/c1-3-10-29-18-9-4-14(21)11-17(18)19(12-25(27)28)30-20-24-23-13(2)26(20)16-7-5-15(22)6-8-16/h3-9,11,19H,1,10,12H2,2H3/t19-/m0/s1. The first-order valence-electron chi connectivity index (χ1n) is 8.88. The highest BCUT2D eigenvalue weighted by atomic mass is 79.9. The van der Waals surface area contributed by atoms with Gasteiger partial charge in [0.1, 0.15) is 23.4 Å². The number of ether oxygens (including phenoxy) is 1. The zero-order valence-corrected chi connectivity index (χ0v) is 19.2. The van der Waals surface area contributed by atoms with Crippen molar-refractivity contribution >= 4 is 39.3 Å². The van der Waals surface area contributed by atoms with Crippen molar-refractivity contribution in [2.75, 3.05) is 13.2 Å². The van der Waals surface area contributed by atoms with Gasteiger partial charge in [0.2, 0.25) is 6.54 Å². The Kier molecular flexibility index (Phi) is 7.52. The van der Waals surface area contributed by atoms with Gasteiger partial charge < -0.3 is 4.74 Å².